The topological polar surface area (TPSA) is 323 Å². The molecule has 1 aromatic heterocycles. The molecule has 0 saturated carbocycles. The molecule has 0 spiro atoms. The van der Waals surface area contributed by atoms with Crippen LogP contribution in [0.4, 0.5) is 26.3 Å². The van der Waals surface area contributed by atoms with Crippen LogP contribution in [0.3, 0.4) is 0 Å². The van der Waals surface area contributed by atoms with Crippen molar-refractivity contribution in [2.45, 2.75) is 17.6 Å². The van der Waals surface area contributed by atoms with Crippen LogP contribution in [0.25, 0.3) is 0 Å². The summed E-state index contributed by atoms with van der Waals surface area (Å²) in [6.45, 7) is -0.00694. The summed E-state index contributed by atoms with van der Waals surface area (Å²) >= 11 is 0. The molecule has 1 aromatic rings. The van der Waals surface area contributed by atoms with Crippen LogP contribution in [0.5, 0.6) is 0 Å². The first kappa shape index (κ1) is 51.1. The van der Waals surface area contributed by atoms with Crippen LogP contribution in [-0.2, 0) is 46.6 Å². The fraction of sp³-hybridized carbons (Fsp3) is 0.429. The summed E-state index contributed by atoms with van der Waals surface area (Å²) < 4.78 is 123. The van der Waals surface area contributed by atoms with Gasteiger partial charge in [-0.2, -0.15) is 26.3 Å². The van der Waals surface area contributed by atoms with Crippen LogP contribution >= 0.6 is 0 Å². The Balaban J connectivity index is -0.0000000345. The van der Waals surface area contributed by atoms with Crippen LogP contribution in [0.15, 0.2) is 22.8 Å². The van der Waals surface area contributed by atoms with Crippen LogP contribution < -0.4 is 30.8 Å². The summed E-state index contributed by atoms with van der Waals surface area (Å²) in [5, 5.41) is 8.33. The maximum Gasteiger partial charge on any atom is 2.00 e. The van der Waals surface area contributed by atoms with E-state index in [0.717, 1.165) is 0 Å². The minimum absolute atomic E-state index is 0. The first-order valence-electron chi connectivity index (χ1n) is 4.61. The summed E-state index contributed by atoms with van der Waals surface area (Å²) in [7, 11) is -12.2. The van der Waals surface area contributed by atoms with Gasteiger partial charge >= 0.3 is 30.8 Å². The van der Waals surface area contributed by atoms with Gasteiger partial charge in [0.15, 0.2) is 20.2 Å². The molecule has 13 nitrogen and oxygen atoms in total. The van der Waals surface area contributed by atoms with E-state index < -0.39 is 31.3 Å². The predicted octanol–water partition coefficient (Wildman–Crippen LogP) is 1.68. The molecule has 0 fully saturated rings. The van der Waals surface area contributed by atoms with Crippen molar-refractivity contribution in [3.63, 3.8) is 0 Å². The number of rotatable bonds is 1. The van der Waals surface area contributed by atoms with Gasteiger partial charge in [-0.1, -0.05) is 0 Å². The monoisotopic (exact) mass is 673 g/mol. The minimum Gasteiger partial charge on any atom is -0.741 e. The summed E-state index contributed by atoms with van der Waals surface area (Å²) in [4.78, 5) is 0. The van der Waals surface area contributed by atoms with Crippen LogP contribution in [0.1, 0.15) is 5.76 Å². The third-order valence-electron chi connectivity index (χ3n) is 1.30. The molecular formula is C7H21F6N5O8OsS2. The van der Waals surface area contributed by atoms with Crippen molar-refractivity contribution in [1.29, 1.82) is 0 Å². The average Bonchev–Trinajstić information content (AvgIpc) is 2.77. The molecule has 0 aromatic carbocycles. The first-order chi connectivity index (χ1) is 9.93. The van der Waals surface area contributed by atoms with Gasteiger partial charge in [0.25, 0.3) is 0 Å². The minimum atomic E-state index is -6.09. The molecule has 0 aliphatic carbocycles. The molecule has 16 N–H and O–H groups in total. The summed E-state index contributed by atoms with van der Waals surface area (Å²) in [6.07, 6.45) is 1.53. The molecule has 0 aliphatic rings. The summed E-state index contributed by atoms with van der Waals surface area (Å²) in [5.74, 6) is 0.611. The average molecular weight is 672 g/mol. The van der Waals surface area contributed by atoms with E-state index in [1.165, 1.54) is 6.26 Å². The van der Waals surface area contributed by atoms with Gasteiger partial charge in [-0.3, -0.25) is 0 Å². The molecule has 29 heavy (non-hydrogen) atoms. The quantitative estimate of drug-likeness (QED) is 0.141. The number of hydrogen-bond donors (Lipinski definition) is 6. The molecule has 0 aliphatic heterocycles. The number of hydrogen-bond acceptors (Lipinski definition) is 13. The fourth-order valence-electron chi connectivity index (χ4n) is 0.403. The number of alkyl halides is 6. The van der Waals surface area contributed by atoms with Crippen molar-refractivity contribution >= 4 is 20.2 Å². The van der Waals surface area contributed by atoms with Gasteiger partial charge < -0.3 is 49.4 Å². The van der Waals surface area contributed by atoms with Gasteiger partial charge in [0.1, 0.15) is 12.4 Å². The van der Waals surface area contributed by atoms with Crippen molar-refractivity contribution in [3.8, 4) is 0 Å². The first-order valence-corrected chi connectivity index (χ1v) is 7.42. The molecule has 0 unspecified atom stereocenters. The van der Waals surface area contributed by atoms with E-state index in [1.54, 1.807) is 12.1 Å². The van der Waals surface area contributed by atoms with E-state index in [9.17, 15) is 26.3 Å². The molecule has 1 rings (SSSR count). The Morgan fingerprint density at radius 1 is 0.828 bits per heavy atom. The molecule has 22 heteroatoms. The molecule has 184 valence electrons. The number of aliphatic hydroxyl groups is 1. The Bertz CT molecular complexity index is 625. The van der Waals surface area contributed by atoms with Crippen molar-refractivity contribution in [2.75, 3.05) is 0 Å². The van der Waals surface area contributed by atoms with E-state index in [1.807, 2.05) is 0 Å². The van der Waals surface area contributed by atoms with E-state index in [-0.39, 0.29) is 57.2 Å². The van der Waals surface area contributed by atoms with Gasteiger partial charge in [-0.15, -0.1) is 0 Å². The fourth-order valence-corrected chi connectivity index (χ4v) is 0.403. The van der Waals surface area contributed by atoms with E-state index in [2.05, 4.69) is 0 Å². The van der Waals surface area contributed by atoms with E-state index >= 15 is 0 Å². The second kappa shape index (κ2) is 19.1. The zero-order valence-electron chi connectivity index (χ0n) is 14.2. The Labute approximate surface area is 174 Å². The van der Waals surface area contributed by atoms with E-state index in [4.69, 9.17) is 35.5 Å². The Morgan fingerprint density at radius 3 is 1.14 bits per heavy atom. The number of aliphatic hydroxyl groups excluding tert-OH is 1. The maximum atomic E-state index is 10.7. The van der Waals surface area contributed by atoms with Crippen molar-refractivity contribution < 1.29 is 81.6 Å². The van der Waals surface area contributed by atoms with Crippen molar-refractivity contribution in [3.05, 3.63) is 24.2 Å². The summed E-state index contributed by atoms with van der Waals surface area (Å²) in [5.41, 5.74) is -11.3. The zero-order chi connectivity index (χ0) is 19.1. The van der Waals surface area contributed by atoms with Crippen LogP contribution in [0.2, 0.25) is 0 Å². The number of furan rings is 1. The standard InChI is InChI=1S/C5H6O2.2CHF3O3S.5H3N.Os/c6-4-5-2-1-3-7-5;2*2-1(3,4)8(5,6)7;;;;;;/h1-3,6H,4H2;2*(H,5,6,7);5*1H3;/q;;;;;;;;+2/p-2. The smallest absolute Gasteiger partial charge is 0.741 e. The largest absolute Gasteiger partial charge is 2.00 e. The van der Waals surface area contributed by atoms with Crippen LogP contribution in [-0.4, -0.2) is 42.1 Å². The number of halogens is 6. The SMILES string of the molecule is N.N.N.N.N.O=S(=O)([O-])C(F)(F)F.O=S(=O)([O-])C(F)(F)F.OCc1ccco1.[Os+2]. The summed E-state index contributed by atoms with van der Waals surface area (Å²) in [6, 6.07) is 3.46. The molecule has 1 heterocycles. The van der Waals surface area contributed by atoms with E-state index in [0.29, 0.717) is 5.76 Å². The second-order valence-electron chi connectivity index (χ2n) is 3.04. The third-order valence-corrected chi connectivity index (χ3v) is 2.44. The van der Waals surface area contributed by atoms with Gasteiger partial charge in [-0.05, 0) is 12.1 Å². The zero-order valence-corrected chi connectivity index (χ0v) is 18.4. The molecule has 0 saturated heterocycles. The Hall–Kier alpha value is -0.924. The maximum absolute atomic E-state index is 10.7. The molecule has 0 atom stereocenters. The van der Waals surface area contributed by atoms with Crippen molar-refractivity contribution in [2.24, 2.45) is 0 Å². The normalized spacial score (nSPS) is 9.97. The van der Waals surface area contributed by atoms with Gasteiger partial charge in [0.2, 0.25) is 0 Å². The van der Waals surface area contributed by atoms with Gasteiger partial charge in [-0.25, -0.2) is 16.8 Å². The molecule has 0 amide bonds. The second-order valence-corrected chi connectivity index (χ2v) is 5.78. The van der Waals surface area contributed by atoms with Crippen LogP contribution in [0, 0.1) is 0 Å². The third kappa shape index (κ3) is 25.0. The Morgan fingerprint density at radius 2 is 1.07 bits per heavy atom. The molecule has 0 bridgehead atoms. The van der Waals surface area contributed by atoms with Gasteiger partial charge in [0, 0.05) is 0 Å². The van der Waals surface area contributed by atoms with Gasteiger partial charge in [0.05, 0.1) is 6.26 Å². The Kier molecular flexibility index (Phi) is 33.6. The molecule has 0 radical (unpaired) electrons. The molecular weight excluding hydrogens is 650 g/mol. The van der Waals surface area contributed by atoms with Crippen molar-refractivity contribution in [1.82, 2.24) is 30.8 Å². The predicted molar refractivity (Wildman–Crippen MR) is 81.2 cm³/mol.